The lowest BCUT2D eigenvalue weighted by Crippen LogP contribution is -2.44. The van der Waals surface area contributed by atoms with Crippen molar-refractivity contribution in [3.05, 3.63) is 7.43 Å². The number of unbranched alkanes of at least 4 members (excludes halogenated alkanes) is 14. The highest BCUT2D eigenvalue weighted by Gasteiger charge is 2.26. The Balaban J connectivity index is -0.0000146. The van der Waals surface area contributed by atoms with Crippen molar-refractivity contribution in [3.8, 4) is 0 Å². The Labute approximate surface area is 346 Å². The molecule has 0 saturated heterocycles. The smallest absolute Gasteiger partial charge is 0.472 e. The fourth-order valence-corrected chi connectivity index (χ4v) is 6.81. The lowest BCUT2D eigenvalue weighted by Gasteiger charge is -2.30. The molecule has 0 bridgehead atoms. The van der Waals surface area contributed by atoms with Crippen LogP contribution in [-0.2, 0) is 51.7 Å². The van der Waals surface area contributed by atoms with Crippen molar-refractivity contribution >= 4 is 31.7 Å². The largest absolute Gasteiger partial charge is 0.550 e. The quantitative estimate of drug-likeness (QED) is 0.0160. The van der Waals surface area contributed by atoms with Crippen molar-refractivity contribution in [2.75, 3.05) is 60.7 Å². The zero-order valence-electron chi connectivity index (χ0n) is 36.2. The van der Waals surface area contributed by atoms with Crippen LogP contribution in [0.1, 0.15) is 157 Å². The highest BCUT2D eigenvalue weighted by molar-refractivity contribution is 7.47. The van der Waals surface area contributed by atoms with Gasteiger partial charge in [0.2, 0.25) is 0 Å². The highest BCUT2D eigenvalue weighted by atomic mass is 31.2. The Bertz CT molecular complexity index is 1080. The molecule has 0 spiro atoms. The molecule has 0 rings (SSSR count). The minimum Gasteiger partial charge on any atom is -0.550 e. The summed E-state index contributed by atoms with van der Waals surface area (Å²) in [5.74, 6) is -3.25. The standard InChI is InChI=1S/C40H76NO13P.CH4.CH3/c1-8-9-10-11-12-13-14-15-16-17-18-19-20-21-22-24-39(45)54-37(31-50-35(4)42)32-53-55(47,48)52-26-23-25-49-40(46)34(3)27-33(2)30-51-36(28-38(43)44)29-41(5,6)7;;/h33-34,36-37H,8-32H2,1-7H3,(H-,43,44,47,48);1H4;1H3/q;;-1/t33?,34?,36?,37-;;/m1../s1. The van der Waals surface area contributed by atoms with E-state index in [4.69, 9.17) is 28.0 Å². The summed E-state index contributed by atoms with van der Waals surface area (Å²) < 4.78 is 44.4. The number of rotatable bonds is 37. The third-order valence-electron chi connectivity index (χ3n) is 8.89. The van der Waals surface area contributed by atoms with Crippen molar-refractivity contribution in [1.82, 2.24) is 0 Å². The van der Waals surface area contributed by atoms with Crippen LogP contribution >= 0.6 is 7.82 Å². The number of likely N-dealkylation sites (N-methyl/N-ethyl adjacent to an activating group) is 1. The van der Waals surface area contributed by atoms with Gasteiger partial charge in [0.25, 0.3) is 0 Å². The van der Waals surface area contributed by atoms with Crippen LogP contribution < -0.4 is 5.11 Å². The third kappa shape index (κ3) is 39.2. The molecule has 0 aliphatic heterocycles. The van der Waals surface area contributed by atoms with E-state index in [2.05, 4.69) is 6.92 Å². The molecule has 0 aliphatic rings. The van der Waals surface area contributed by atoms with E-state index in [0.29, 0.717) is 23.9 Å². The van der Waals surface area contributed by atoms with Gasteiger partial charge in [-0.2, -0.15) is 0 Å². The van der Waals surface area contributed by atoms with Gasteiger partial charge in [0.1, 0.15) is 19.3 Å². The van der Waals surface area contributed by atoms with E-state index in [9.17, 15) is 33.7 Å². The molecule has 1 N–H and O–H groups in total. The Kier molecular flexibility index (Phi) is 37.2. The maximum atomic E-state index is 12.5. The first-order valence-corrected chi connectivity index (χ1v) is 22.2. The number of phosphoric ester groups is 1. The summed E-state index contributed by atoms with van der Waals surface area (Å²) >= 11 is 0. The molecule has 14 nitrogen and oxygen atoms in total. The number of hydrogen-bond donors (Lipinski definition) is 1. The zero-order valence-corrected chi connectivity index (χ0v) is 37.1. The first kappa shape index (κ1) is 59.2. The van der Waals surface area contributed by atoms with Gasteiger partial charge in [-0.3, -0.25) is 23.4 Å². The summed E-state index contributed by atoms with van der Waals surface area (Å²) in [4.78, 5) is 57.5. The number of nitrogens with zero attached hydrogens (tertiary/aromatic N) is 1. The summed E-state index contributed by atoms with van der Waals surface area (Å²) in [6, 6.07) is 0. The van der Waals surface area contributed by atoms with Gasteiger partial charge in [-0.15, -0.1) is 0 Å². The Morgan fingerprint density at radius 2 is 1.25 bits per heavy atom. The van der Waals surface area contributed by atoms with Gasteiger partial charge in [0.05, 0.1) is 46.9 Å². The molecule has 0 heterocycles. The summed E-state index contributed by atoms with van der Waals surface area (Å²) in [6.07, 6.45) is 17.1. The average molecular weight is 841 g/mol. The Hall–Kier alpha value is -2.09. The number of hydrogen-bond acceptors (Lipinski definition) is 12. The van der Waals surface area contributed by atoms with Crippen LogP contribution in [0, 0.1) is 19.3 Å². The molecule has 57 heavy (non-hydrogen) atoms. The number of carbonyl (C=O) groups is 4. The number of ether oxygens (including phenoxy) is 4. The van der Waals surface area contributed by atoms with Crippen molar-refractivity contribution in [3.63, 3.8) is 0 Å². The van der Waals surface area contributed by atoms with Gasteiger partial charge in [-0.05, 0) is 18.8 Å². The Morgan fingerprint density at radius 1 is 0.719 bits per heavy atom. The van der Waals surface area contributed by atoms with Gasteiger partial charge in [-0.25, -0.2) is 4.57 Å². The summed E-state index contributed by atoms with van der Waals surface area (Å²) in [6.45, 7) is 6.65. The lowest BCUT2D eigenvalue weighted by molar-refractivity contribution is -0.873. The van der Waals surface area contributed by atoms with Crippen molar-refractivity contribution in [2.24, 2.45) is 11.8 Å². The van der Waals surface area contributed by atoms with Gasteiger partial charge in [0.15, 0.2) is 6.10 Å². The molecular weight excluding hydrogens is 757 g/mol. The second-order valence-corrected chi connectivity index (χ2v) is 17.4. The molecule has 15 heteroatoms. The SMILES string of the molecule is C.CCCCCCCCCCCCCCCCCC(=O)O[C@H](COC(C)=O)COP(=O)(O)OCCCOC(=O)C(C)CC(C)COC(CC(=O)[O-])C[N+](C)(C)C.[CH3-]. The second kappa shape index (κ2) is 35.8. The van der Waals surface area contributed by atoms with Crippen LogP contribution in [0.3, 0.4) is 0 Å². The van der Waals surface area contributed by atoms with Crippen molar-refractivity contribution < 1.29 is 66.2 Å². The molecule has 0 aliphatic carbocycles. The van der Waals surface area contributed by atoms with Crippen LogP contribution in [0.15, 0.2) is 0 Å². The minimum absolute atomic E-state index is 0. The molecule has 0 radical (unpaired) electrons. The first-order chi connectivity index (χ1) is 25.9. The van der Waals surface area contributed by atoms with E-state index in [1.165, 1.54) is 77.6 Å². The number of carboxylic acids is 1. The molecule has 0 fully saturated rings. The van der Waals surface area contributed by atoms with Gasteiger partial charge < -0.3 is 45.7 Å². The number of phosphoric acid groups is 1. The van der Waals surface area contributed by atoms with Crippen LogP contribution in [0.25, 0.3) is 0 Å². The van der Waals surface area contributed by atoms with Gasteiger partial charge in [0, 0.05) is 38.8 Å². The molecular formula is C42H83NO13P-. The predicted molar refractivity (Wildman–Crippen MR) is 222 cm³/mol. The zero-order chi connectivity index (χ0) is 41.5. The molecule has 0 aromatic heterocycles. The van der Waals surface area contributed by atoms with Crippen LogP contribution in [0.2, 0.25) is 0 Å². The molecule has 340 valence electrons. The van der Waals surface area contributed by atoms with E-state index < -0.39 is 56.4 Å². The first-order valence-electron chi connectivity index (χ1n) is 20.7. The van der Waals surface area contributed by atoms with Crippen molar-refractivity contribution in [2.45, 2.75) is 169 Å². The van der Waals surface area contributed by atoms with E-state index in [1.807, 2.05) is 28.1 Å². The van der Waals surface area contributed by atoms with Crippen LogP contribution in [0.4, 0.5) is 0 Å². The van der Waals surface area contributed by atoms with E-state index in [-0.39, 0.29) is 66.5 Å². The maximum absolute atomic E-state index is 12.5. The second-order valence-electron chi connectivity index (χ2n) is 16.0. The monoisotopic (exact) mass is 841 g/mol. The molecule has 0 aromatic rings. The van der Waals surface area contributed by atoms with E-state index in [0.717, 1.165) is 19.3 Å². The molecule has 0 aromatic carbocycles. The van der Waals surface area contributed by atoms with E-state index >= 15 is 0 Å². The number of carboxylic acid groups (broad SMARTS) is 1. The maximum Gasteiger partial charge on any atom is 0.472 e. The summed E-state index contributed by atoms with van der Waals surface area (Å²) in [5, 5.41) is 11.1. The fraction of sp³-hybridized carbons (Fsp3) is 0.881. The highest BCUT2D eigenvalue weighted by Crippen LogP contribution is 2.43. The van der Waals surface area contributed by atoms with Crippen molar-refractivity contribution in [1.29, 1.82) is 0 Å². The van der Waals surface area contributed by atoms with E-state index in [1.54, 1.807) is 6.92 Å². The fourth-order valence-electron chi connectivity index (χ4n) is 6.02. The van der Waals surface area contributed by atoms with Gasteiger partial charge >= 0.3 is 25.7 Å². The van der Waals surface area contributed by atoms with Gasteiger partial charge in [-0.1, -0.05) is 118 Å². The predicted octanol–water partition coefficient (Wildman–Crippen LogP) is 7.77. The molecule has 5 atom stereocenters. The Morgan fingerprint density at radius 3 is 1.74 bits per heavy atom. The lowest BCUT2D eigenvalue weighted by atomic mass is 9.98. The number of esters is 3. The molecule has 4 unspecified atom stereocenters. The number of aliphatic carboxylic acids is 1. The summed E-state index contributed by atoms with van der Waals surface area (Å²) in [5.41, 5.74) is 0. The molecule has 0 saturated carbocycles. The molecule has 0 amide bonds. The minimum atomic E-state index is -4.56. The number of quaternary nitrogens is 1. The van der Waals surface area contributed by atoms with Crippen LogP contribution in [0.5, 0.6) is 0 Å². The topological polar surface area (TPSA) is 184 Å². The number of carbonyl (C=O) groups excluding carboxylic acids is 4. The third-order valence-corrected chi connectivity index (χ3v) is 9.87. The van der Waals surface area contributed by atoms with Crippen LogP contribution in [-0.4, -0.2) is 106 Å². The normalized spacial score (nSPS) is 14.5. The average Bonchev–Trinajstić information content (AvgIpc) is 3.08. The summed E-state index contributed by atoms with van der Waals surface area (Å²) in [7, 11) is 1.26.